The van der Waals surface area contributed by atoms with E-state index in [2.05, 4.69) is 9.97 Å². The molecule has 0 bridgehead atoms. The van der Waals surface area contributed by atoms with Crippen LogP contribution in [0.4, 0.5) is 0 Å². The fourth-order valence-electron chi connectivity index (χ4n) is 3.13. The summed E-state index contributed by atoms with van der Waals surface area (Å²) in [7, 11) is 2.42. The Balaban J connectivity index is 1.59. The first kappa shape index (κ1) is 22.6. The molecule has 4 rings (SSSR count). The summed E-state index contributed by atoms with van der Waals surface area (Å²) in [6, 6.07) is 2.37. The van der Waals surface area contributed by atoms with Gasteiger partial charge in [0.25, 0.3) is 11.1 Å². The number of H-pyrrole nitrogens is 2. The van der Waals surface area contributed by atoms with Gasteiger partial charge in [-0.15, -0.1) is 0 Å². The Morgan fingerprint density at radius 3 is 1.53 bits per heavy atom. The Morgan fingerprint density at radius 2 is 1.19 bits per heavy atom. The number of aliphatic hydroxyl groups excluding tert-OH is 2. The molecule has 2 aromatic rings. The highest BCUT2D eigenvalue weighted by Gasteiger charge is 2.33. The van der Waals surface area contributed by atoms with Gasteiger partial charge in [0.1, 0.15) is 12.2 Å². The molecule has 4 heterocycles. The summed E-state index contributed by atoms with van der Waals surface area (Å²) in [4.78, 5) is 52.6. The number of hydrogen-bond acceptors (Lipinski definition) is 10. The first-order valence-electron chi connectivity index (χ1n) is 9.33. The van der Waals surface area contributed by atoms with Gasteiger partial charge in [0, 0.05) is 34.3 Å². The van der Waals surface area contributed by atoms with Gasteiger partial charge in [-0.3, -0.25) is 28.7 Å². The van der Waals surface area contributed by atoms with E-state index in [1.165, 1.54) is 55.2 Å². The molecule has 0 aromatic carbocycles. The zero-order chi connectivity index (χ0) is 22.8. The fourth-order valence-corrected chi connectivity index (χ4v) is 5.64. The van der Waals surface area contributed by atoms with E-state index in [0.29, 0.717) is 9.81 Å². The van der Waals surface area contributed by atoms with Gasteiger partial charge in [-0.2, -0.15) is 0 Å². The molecule has 0 saturated carbocycles. The zero-order valence-electron chi connectivity index (χ0n) is 16.2. The van der Waals surface area contributed by atoms with Crippen LogP contribution in [0.5, 0.6) is 0 Å². The number of nitrogens with zero attached hydrogens (tertiary/aromatic N) is 2. The predicted molar refractivity (Wildman–Crippen MR) is 116 cm³/mol. The standard InChI is InChI=1S/C18H18N4O8S2/c23-7-9-5-11(15(29-9)21-3-1-13(25)19-17(21)27)31-32-12-6-10(8-24)30-16(12)22-4-2-14(26)20-18(22)28/h1-6,9-10,15-16,23-24H,7-8H2,(H,19,25,27)(H,20,26,28)/t9-,10-,15+,16+/m1/s1. The van der Waals surface area contributed by atoms with Crippen molar-refractivity contribution < 1.29 is 19.7 Å². The van der Waals surface area contributed by atoms with E-state index in [1.54, 1.807) is 12.2 Å². The van der Waals surface area contributed by atoms with E-state index in [9.17, 15) is 29.4 Å². The van der Waals surface area contributed by atoms with Crippen molar-refractivity contribution in [1.29, 1.82) is 0 Å². The maximum Gasteiger partial charge on any atom is 0.330 e. The van der Waals surface area contributed by atoms with Gasteiger partial charge >= 0.3 is 11.4 Å². The maximum atomic E-state index is 12.2. The van der Waals surface area contributed by atoms with Crippen LogP contribution in [0, 0.1) is 0 Å². The van der Waals surface area contributed by atoms with Crippen molar-refractivity contribution in [3.63, 3.8) is 0 Å². The second-order valence-electron chi connectivity index (χ2n) is 6.76. The Labute approximate surface area is 186 Å². The molecule has 4 N–H and O–H groups in total. The summed E-state index contributed by atoms with van der Waals surface area (Å²) in [5.41, 5.74) is -2.43. The Kier molecular flexibility index (Phi) is 6.68. The summed E-state index contributed by atoms with van der Waals surface area (Å²) in [5.74, 6) is 0. The molecule has 2 aliphatic heterocycles. The first-order valence-corrected chi connectivity index (χ1v) is 11.5. The Hall–Kier alpha value is -2.62. The minimum absolute atomic E-state index is 0.308. The molecular formula is C18H18N4O8S2. The molecule has 2 aromatic heterocycles. The molecule has 0 amide bonds. The average molecular weight is 482 g/mol. The third kappa shape index (κ3) is 4.60. The van der Waals surface area contributed by atoms with E-state index in [-0.39, 0.29) is 13.2 Å². The number of aromatic amines is 2. The van der Waals surface area contributed by atoms with Gasteiger partial charge in [0.2, 0.25) is 0 Å². The lowest BCUT2D eigenvalue weighted by Crippen LogP contribution is -2.33. The lowest BCUT2D eigenvalue weighted by Gasteiger charge is -2.20. The van der Waals surface area contributed by atoms with Crippen LogP contribution in [-0.4, -0.2) is 54.7 Å². The van der Waals surface area contributed by atoms with E-state index in [0.717, 1.165) is 0 Å². The van der Waals surface area contributed by atoms with Crippen molar-refractivity contribution in [2.45, 2.75) is 24.7 Å². The van der Waals surface area contributed by atoms with Crippen molar-refractivity contribution >= 4 is 21.6 Å². The van der Waals surface area contributed by atoms with Crippen LogP contribution >= 0.6 is 21.6 Å². The van der Waals surface area contributed by atoms with Gasteiger partial charge in [-0.25, -0.2) is 9.59 Å². The van der Waals surface area contributed by atoms with Crippen molar-refractivity contribution in [2.75, 3.05) is 13.2 Å². The third-order valence-corrected chi connectivity index (χ3v) is 7.14. The molecule has 4 atom stereocenters. The maximum absolute atomic E-state index is 12.2. The predicted octanol–water partition coefficient (Wildman–Crippen LogP) is -0.985. The monoisotopic (exact) mass is 482 g/mol. The Bertz CT molecular complexity index is 1190. The number of aliphatic hydroxyl groups is 2. The molecule has 12 nitrogen and oxygen atoms in total. The summed E-state index contributed by atoms with van der Waals surface area (Å²) in [6.45, 7) is -0.617. The molecular weight excluding hydrogens is 464 g/mol. The number of hydrogen-bond donors (Lipinski definition) is 4. The van der Waals surface area contributed by atoms with Crippen molar-refractivity contribution in [3.8, 4) is 0 Å². The highest BCUT2D eigenvalue weighted by Crippen LogP contribution is 2.49. The van der Waals surface area contributed by atoms with E-state index in [1.807, 2.05) is 0 Å². The van der Waals surface area contributed by atoms with Gasteiger partial charge in [0.15, 0.2) is 12.5 Å². The number of aromatic nitrogens is 4. The van der Waals surface area contributed by atoms with Crippen LogP contribution in [0.25, 0.3) is 0 Å². The van der Waals surface area contributed by atoms with E-state index in [4.69, 9.17) is 9.47 Å². The number of ether oxygens (including phenoxy) is 2. The summed E-state index contributed by atoms with van der Waals surface area (Å²) in [6.07, 6.45) is 2.85. The molecule has 0 aliphatic carbocycles. The normalized spacial score (nSPS) is 25.1. The molecule has 0 spiro atoms. The molecule has 0 fully saturated rings. The largest absolute Gasteiger partial charge is 0.393 e. The summed E-state index contributed by atoms with van der Waals surface area (Å²) >= 11 is 0. The summed E-state index contributed by atoms with van der Waals surface area (Å²) < 4.78 is 13.8. The van der Waals surface area contributed by atoms with Crippen LogP contribution < -0.4 is 22.5 Å². The van der Waals surface area contributed by atoms with Gasteiger partial charge in [-0.05, 0) is 12.2 Å². The lowest BCUT2D eigenvalue weighted by atomic mass is 10.4. The molecule has 2 aliphatic rings. The summed E-state index contributed by atoms with van der Waals surface area (Å²) in [5, 5.41) is 19.0. The lowest BCUT2D eigenvalue weighted by molar-refractivity contribution is -0.0118. The molecule has 0 unspecified atom stereocenters. The second kappa shape index (κ2) is 9.48. The highest BCUT2D eigenvalue weighted by atomic mass is 33.1. The number of rotatable bonds is 7. The average Bonchev–Trinajstić information content (AvgIpc) is 3.36. The Morgan fingerprint density at radius 1 is 0.781 bits per heavy atom. The van der Waals surface area contributed by atoms with E-state index < -0.39 is 47.2 Å². The van der Waals surface area contributed by atoms with E-state index >= 15 is 0 Å². The SMILES string of the molecule is O=c1ccn([C@H]2O[C@@H](CO)C=C2SSC2=C[C@H](CO)O[C@@H]2n2ccc(=O)[nH]c2=O)c(=O)[nH]1. The van der Waals surface area contributed by atoms with Crippen LogP contribution in [-0.2, 0) is 9.47 Å². The molecule has 0 radical (unpaired) electrons. The molecule has 0 saturated heterocycles. The van der Waals surface area contributed by atoms with Crippen molar-refractivity contribution in [1.82, 2.24) is 19.1 Å². The van der Waals surface area contributed by atoms with Crippen LogP contribution in [0.3, 0.4) is 0 Å². The number of nitrogens with one attached hydrogen (secondary N) is 2. The third-order valence-electron chi connectivity index (χ3n) is 4.60. The quantitative estimate of drug-likeness (QED) is 0.360. The van der Waals surface area contributed by atoms with Crippen LogP contribution in [0.1, 0.15) is 12.5 Å². The van der Waals surface area contributed by atoms with Gasteiger partial charge in [0.05, 0.1) is 13.2 Å². The molecule has 170 valence electrons. The smallest absolute Gasteiger partial charge is 0.330 e. The van der Waals surface area contributed by atoms with Crippen LogP contribution in [0.2, 0.25) is 0 Å². The fraction of sp³-hybridized carbons (Fsp3) is 0.333. The zero-order valence-corrected chi connectivity index (χ0v) is 17.9. The minimum atomic E-state index is -0.875. The van der Waals surface area contributed by atoms with Gasteiger partial charge < -0.3 is 19.7 Å². The minimum Gasteiger partial charge on any atom is -0.393 e. The second-order valence-corrected chi connectivity index (χ2v) is 9.03. The van der Waals surface area contributed by atoms with Crippen LogP contribution in [0.15, 0.2) is 65.7 Å². The first-order chi connectivity index (χ1) is 15.4. The highest BCUT2D eigenvalue weighted by molar-refractivity contribution is 8.79. The molecule has 14 heteroatoms. The van der Waals surface area contributed by atoms with Gasteiger partial charge in [-0.1, -0.05) is 21.6 Å². The van der Waals surface area contributed by atoms with Crippen molar-refractivity contribution in [3.05, 3.63) is 88.2 Å². The molecule has 32 heavy (non-hydrogen) atoms. The van der Waals surface area contributed by atoms with Crippen molar-refractivity contribution in [2.24, 2.45) is 0 Å². The topological polar surface area (TPSA) is 169 Å².